The van der Waals surface area contributed by atoms with Crippen molar-refractivity contribution in [3.63, 3.8) is 0 Å². The molecule has 0 saturated carbocycles. The van der Waals surface area contributed by atoms with Gasteiger partial charge in [-0.15, -0.1) is 0 Å². The first-order chi connectivity index (χ1) is 7.58. The summed E-state index contributed by atoms with van der Waals surface area (Å²) in [5, 5.41) is 13.0. The number of aromatic carboxylic acids is 1. The topological polar surface area (TPSA) is 80.9 Å². The van der Waals surface area contributed by atoms with Gasteiger partial charge >= 0.3 is 5.97 Å². The summed E-state index contributed by atoms with van der Waals surface area (Å²) in [6.45, 7) is 3.57. The Bertz CT molecular complexity index is 548. The van der Waals surface area contributed by atoms with Crippen LogP contribution in [0, 0.1) is 13.8 Å². The summed E-state index contributed by atoms with van der Waals surface area (Å²) in [5.74, 6) is 0.323. The van der Waals surface area contributed by atoms with Gasteiger partial charge < -0.3 is 5.11 Å². The second-order valence-electron chi connectivity index (χ2n) is 3.36. The fourth-order valence-corrected chi connectivity index (χ4v) is 1.43. The predicted molar refractivity (Wildman–Crippen MR) is 55.6 cm³/mol. The van der Waals surface area contributed by atoms with Crippen LogP contribution in [0.2, 0.25) is 0 Å². The van der Waals surface area contributed by atoms with E-state index in [1.165, 1.54) is 12.3 Å². The standard InChI is InChI=1S/C10H10N4O2/c1-6-12-7(2)14(13-6)9-3-8(10(15)16)4-11-5-9/h3-5H,1-2H3,(H,15,16). The lowest BCUT2D eigenvalue weighted by molar-refractivity contribution is 0.0696. The van der Waals surface area contributed by atoms with Crippen LogP contribution in [-0.4, -0.2) is 30.8 Å². The van der Waals surface area contributed by atoms with E-state index in [2.05, 4.69) is 15.1 Å². The van der Waals surface area contributed by atoms with E-state index in [-0.39, 0.29) is 5.56 Å². The van der Waals surface area contributed by atoms with E-state index in [0.717, 1.165) is 0 Å². The van der Waals surface area contributed by atoms with Crippen LogP contribution in [0.15, 0.2) is 18.5 Å². The Labute approximate surface area is 91.6 Å². The smallest absolute Gasteiger partial charge is 0.337 e. The van der Waals surface area contributed by atoms with Crippen molar-refractivity contribution in [3.05, 3.63) is 35.7 Å². The molecule has 1 N–H and O–H groups in total. The first kappa shape index (κ1) is 10.3. The molecule has 0 fully saturated rings. The molecule has 82 valence electrons. The Morgan fingerprint density at radius 1 is 1.38 bits per heavy atom. The van der Waals surface area contributed by atoms with Crippen LogP contribution >= 0.6 is 0 Å². The van der Waals surface area contributed by atoms with Crippen molar-refractivity contribution in [2.24, 2.45) is 0 Å². The Hall–Kier alpha value is -2.24. The molecule has 2 aromatic heterocycles. The maximum atomic E-state index is 10.8. The number of hydrogen-bond donors (Lipinski definition) is 1. The lowest BCUT2D eigenvalue weighted by Gasteiger charge is -2.02. The SMILES string of the molecule is Cc1nc(C)n(-c2cncc(C(=O)O)c2)n1. The zero-order chi connectivity index (χ0) is 11.7. The number of rotatable bonds is 2. The molecule has 0 spiro atoms. The number of pyridine rings is 1. The monoisotopic (exact) mass is 218 g/mol. The normalized spacial score (nSPS) is 10.4. The molecule has 6 heteroatoms. The van der Waals surface area contributed by atoms with Gasteiger partial charge in [0.05, 0.1) is 17.4 Å². The van der Waals surface area contributed by atoms with Crippen LogP contribution in [-0.2, 0) is 0 Å². The number of carbonyl (C=O) groups is 1. The quantitative estimate of drug-likeness (QED) is 0.812. The third-order valence-corrected chi connectivity index (χ3v) is 2.09. The van der Waals surface area contributed by atoms with Crippen molar-refractivity contribution in [2.45, 2.75) is 13.8 Å². The fraction of sp³-hybridized carbons (Fsp3) is 0.200. The highest BCUT2D eigenvalue weighted by Crippen LogP contribution is 2.10. The first-order valence-electron chi connectivity index (χ1n) is 4.67. The van der Waals surface area contributed by atoms with Crippen LogP contribution < -0.4 is 0 Å². The molecule has 0 aliphatic heterocycles. The van der Waals surface area contributed by atoms with Gasteiger partial charge in [0.2, 0.25) is 0 Å². The highest BCUT2D eigenvalue weighted by atomic mass is 16.4. The highest BCUT2D eigenvalue weighted by molar-refractivity contribution is 5.87. The van der Waals surface area contributed by atoms with Gasteiger partial charge in [0.25, 0.3) is 0 Å². The Morgan fingerprint density at radius 2 is 2.12 bits per heavy atom. The van der Waals surface area contributed by atoms with Crippen LogP contribution in [0.1, 0.15) is 22.0 Å². The third kappa shape index (κ3) is 1.77. The Kier molecular flexibility index (Phi) is 2.40. The lowest BCUT2D eigenvalue weighted by Crippen LogP contribution is -2.04. The van der Waals surface area contributed by atoms with Gasteiger partial charge in [0.1, 0.15) is 11.6 Å². The van der Waals surface area contributed by atoms with Crippen molar-refractivity contribution in [3.8, 4) is 5.69 Å². The number of aryl methyl sites for hydroxylation is 2. The number of hydrogen-bond acceptors (Lipinski definition) is 4. The minimum Gasteiger partial charge on any atom is -0.478 e. The van der Waals surface area contributed by atoms with Gasteiger partial charge in [-0.1, -0.05) is 0 Å². The summed E-state index contributed by atoms with van der Waals surface area (Å²) >= 11 is 0. The second kappa shape index (κ2) is 3.73. The van der Waals surface area contributed by atoms with Gasteiger partial charge in [-0.3, -0.25) is 4.98 Å². The zero-order valence-electron chi connectivity index (χ0n) is 8.88. The van der Waals surface area contributed by atoms with Gasteiger partial charge in [-0.05, 0) is 19.9 Å². The van der Waals surface area contributed by atoms with Gasteiger partial charge in [0, 0.05) is 6.20 Å². The first-order valence-corrected chi connectivity index (χ1v) is 4.67. The molecule has 0 aromatic carbocycles. The Morgan fingerprint density at radius 3 is 2.69 bits per heavy atom. The molecule has 6 nitrogen and oxygen atoms in total. The minimum atomic E-state index is -1.01. The van der Waals surface area contributed by atoms with E-state index in [1.807, 2.05) is 0 Å². The van der Waals surface area contributed by atoms with Crippen molar-refractivity contribution >= 4 is 5.97 Å². The van der Waals surface area contributed by atoms with E-state index in [0.29, 0.717) is 17.3 Å². The molecular formula is C10H10N4O2. The molecule has 2 heterocycles. The number of aromatic nitrogens is 4. The molecule has 0 aliphatic carbocycles. The maximum Gasteiger partial charge on any atom is 0.337 e. The average molecular weight is 218 g/mol. The molecule has 0 unspecified atom stereocenters. The molecule has 0 aliphatic rings. The number of carboxylic acid groups (broad SMARTS) is 1. The summed E-state index contributed by atoms with van der Waals surface area (Å²) < 4.78 is 1.56. The van der Waals surface area contributed by atoms with E-state index in [4.69, 9.17) is 5.11 Å². The molecule has 0 bridgehead atoms. The molecular weight excluding hydrogens is 208 g/mol. The molecule has 0 atom stereocenters. The molecule has 0 amide bonds. The minimum absolute atomic E-state index is 0.130. The molecule has 2 rings (SSSR count). The van der Waals surface area contributed by atoms with Crippen molar-refractivity contribution in [1.29, 1.82) is 0 Å². The molecule has 0 radical (unpaired) electrons. The summed E-state index contributed by atoms with van der Waals surface area (Å²) in [5.41, 5.74) is 0.725. The van der Waals surface area contributed by atoms with Gasteiger partial charge in [0.15, 0.2) is 0 Å². The van der Waals surface area contributed by atoms with E-state index < -0.39 is 5.97 Å². The van der Waals surface area contributed by atoms with E-state index >= 15 is 0 Å². The van der Waals surface area contributed by atoms with Crippen LogP contribution in [0.25, 0.3) is 5.69 Å². The second-order valence-corrected chi connectivity index (χ2v) is 3.36. The van der Waals surface area contributed by atoms with Crippen molar-refractivity contribution < 1.29 is 9.90 Å². The zero-order valence-corrected chi connectivity index (χ0v) is 8.88. The summed E-state index contributed by atoms with van der Waals surface area (Å²) in [6, 6.07) is 1.51. The number of carboxylic acids is 1. The summed E-state index contributed by atoms with van der Waals surface area (Å²) in [4.78, 5) is 18.8. The summed E-state index contributed by atoms with van der Waals surface area (Å²) in [6.07, 6.45) is 2.85. The summed E-state index contributed by atoms with van der Waals surface area (Å²) in [7, 11) is 0. The van der Waals surface area contributed by atoms with Gasteiger partial charge in [-0.2, -0.15) is 5.10 Å². The van der Waals surface area contributed by atoms with Crippen molar-refractivity contribution in [1.82, 2.24) is 19.7 Å². The van der Waals surface area contributed by atoms with Crippen LogP contribution in [0.3, 0.4) is 0 Å². The van der Waals surface area contributed by atoms with E-state index in [9.17, 15) is 4.79 Å². The van der Waals surface area contributed by atoms with Gasteiger partial charge in [-0.25, -0.2) is 14.5 Å². The third-order valence-electron chi connectivity index (χ3n) is 2.09. The molecule has 16 heavy (non-hydrogen) atoms. The van der Waals surface area contributed by atoms with Crippen LogP contribution in [0.4, 0.5) is 0 Å². The van der Waals surface area contributed by atoms with Crippen LogP contribution in [0.5, 0.6) is 0 Å². The molecule has 2 aromatic rings. The van der Waals surface area contributed by atoms with Crippen molar-refractivity contribution in [2.75, 3.05) is 0 Å². The Balaban J connectivity index is 2.52. The van der Waals surface area contributed by atoms with E-state index in [1.54, 1.807) is 24.7 Å². The maximum absolute atomic E-state index is 10.8. The average Bonchev–Trinajstić information content (AvgIpc) is 2.58. The number of nitrogens with zero attached hydrogens (tertiary/aromatic N) is 4. The predicted octanol–water partition coefficient (Wildman–Crippen LogP) is 0.977. The molecule has 0 saturated heterocycles. The largest absolute Gasteiger partial charge is 0.478 e. The lowest BCUT2D eigenvalue weighted by atomic mass is 10.2. The highest BCUT2D eigenvalue weighted by Gasteiger charge is 2.08. The fourth-order valence-electron chi connectivity index (χ4n) is 1.43.